The maximum absolute atomic E-state index is 13.4. The van der Waals surface area contributed by atoms with Crippen molar-refractivity contribution in [3.05, 3.63) is 132 Å². The predicted octanol–water partition coefficient (Wildman–Crippen LogP) is 6.46. The highest BCUT2D eigenvalue weighted by molar-refractivity contribution is 6.09. The molecule has 8 aromatic rings. The molecular formula is C33H20N6O. The molecule has 0 fully saturated rings. The largest absolute Gasteiger partial charge is 0.278 e. The van der Waals surface area contributed by atoms with Crippen molar-refractivity contribution in [3.63, 3.8) is 0 Å². The lowest BCUT2D eigenvalue weighted by molar-refractivity contribution is 0.952. The predicted molar refractivity (Wildman–Crippen MR) is 158 cm³/mol. The van der Waals surface area contributed by atoms with Gasteiger partial charge in [0.15, 0.2) is 11.6 Å². The molecule has 188 valence electrons. The number of rotatable bonds is 3. The molecule has 40 heavy (non-hydrogen) atoms. The number of pyridine rings is 1. The van der Waals surface area contributed by atoms with E-state index < -0.39 is 0 Å². The smallest absolute Gasteiger partial charge is 0.265 e. The van der Waals surface area contributed by atoms with Gasteiger partial charge in [0.2, 0.25) is 5.95 Å². The Labute approximate surface area is 227 Å². The Kier molecular flexibility index (Phi) is 4.84. The fourth-order valence-electron chi connectivity index (χ4n) is 5.32. The number of benzene rings is 4. The zero-order valence-corrected chi connectivity index (χ0v) is 21.1. The number of hydrogen-bond donors (Lipinski definition) is 0. The van der Waals surface area contributed by atoms with E-state index in [0.717, 1.165) is 32.9 Å². The molecule has 4 aromatic heterocycles. The second-order valence-electron chi connectivity index (χ2n) is 9.60. The van der Waals surface area contributed by atoms with Crippen molar-refractivity contribution in [1.29, 1.82) is 0 Å². The van der Waals surface area contributed by atoms with Crippen LogP contribution in [0.4, 0.5) is 0 Å². The number of aromatic nitrogens is 6. The summed E-state index contributed by atoms with van der Waals surface area (Å²) in [6, 6.07) is 37.3. The van der Waals surface area contributed by atoms with E-state index in [4.69, 9.17) is 19.9 Å². The first-order chi connectivity index (χ1) is 19.7. The normalized spacial score (nSPS) is 11.6. The fraction of sp³-hybridized carbons (Fsp3) is 0. The molecule has 4 aromatic carbocycles. The highest BCUT2D eigenvalue weighted by Crippen LogP contribution is 2.32. The van der Waals surface area contributed by atoms with Crippen LogP contribution in [0.3, 0.4) is 0 Å². The van der Waals surface area contributed by atoms with E-state index in [-0.39, 0.29) is 5.56 Å². The summed E-state index contributed by atoms with van der Waals surface area (Å²) >= 11 is 0. The minimum atomic E-state index is -0.0998. The van der Waals surface area contributed by atoms with E-state index >= 15 is 0 Å². The molecule has 0 aliphatic rings. The van der Waals surface area contributed by atoms with E-state index in [9.17, 15) is 4.79 Å². The van der Waals surface area contributed by atoms with Gasteiger partial charge in [0, 0.05) is 34.2 Å². The third-order valence-electron chi connectivity index (χ3n) is 7.20. The van der Waals surface area contributed by atoms with Crippen LogP contribution in [0.2, 0.25) is 0 Å². The summed E-state index contributed by atoms with van der Waals surface area (Å²) < 4.78 is 3.66. The third-order valence-corrected chi connectivity index (χ3v) is 7.20. The van der Waals surface area contributed by atoms with Crippen LogP contribution in [0.5, 0.6) is 0 Å². The van der Waals surface area contributed by atoms with Gasteiger partial charge < -0.3 is 0 Å². The minimum Gasteiger partial charge on any atom is -0.278 e. The van der Waals surface area contributed by atoms with Crippen molar-refractivity contribution in [2.75, 3.05) is 0 Å². The van der Waals surface area contributed by atoms with Crippen LogP contribution in [0.1, 0.15) is 0 Å². The molecule has 0 radical (unpaired) electrons. The summed E-state index contributed by atoms with van der Waals surface area (Å²) in [7, 11) is 0. The van der Waals surface area contributed by atoms with Crippen LogP contribution in [0.25, 0.3) is 67.1 Å². The van der Waals surface area contributed by atoms with Gasteiger partial charge in [-0.25, -0.2) is 9.97 Å². The van der Waals surface area contributed by atoms with Crippen LogP contribution in [0, 0.1) is 0 Å². The molecule has 0 N–H and O–H groups in total. The molecule has 4 heterocycles. The molecule has 0 spiro atoms. The van der Waals surface area contributed by atoms with E-state index in [1.807, 2.05) is 120 Å². The first kappa shape index (κ1) is 22.3. The Morgan fingerprint density at radius 3 is 1.82 bits per heavy atom. The van der Waals surface area contributed by atoms with Crippen molar-refractivity contribution in [2.24, 2.45) is 0 Å². The Hall–Kier alpha value is -5.69. The summed E-state index contributed by atoms with van der Waals surface area (Å²) in [5.41, 5.74) is 4.69. The van der Waals surface area contributed by atoms with Crippen LogP contribution < -0.4 is 5.56 Å². The summed E-state index contributed by atoms with van der Waals surface area (Å²) in [5, 5.41) is 2.48. The van der Waals surface area contributed by atoms with E-state index in [0.29, 0.717) is 34.1 Å². The second kappa shape index (κ2) is 8.68. The first-order valence-corrected chi connectivity index (χ1v) is 13.0. The summed E-state index contributed by atoms with van der Waals surface area (Å²) in [6.45, 7) is 0. The average molecular weight is 517 g/mol. The molecular weight excluding hydrogens is 496 g/mol. The van der Waals surface area contributed by atoms with Crippen LogP contribution in [-0.4, -0.2) is 28.9 Å². The second-order valence-corrected chi connectivity index (χ2v) is 9.60. The number of nitrogens with zero attached hydrogens (tertiary/aromatic N) is 6. The maximum atomic E-state index is 13.4. The lowest BCUT2D eigenvalue weighted by Gasteiger charge is -2.11. The summed E-state index contributed by atoms with van der Waals surface area (Å²) in [6.07, 6.45) is 1.88. The molecule has 0 bridgehead atoms. The number of hydrogen-bond acceptors (Lipinski definition) is 5. The van der Waals surface area contributed by atoms with E-state index in [1.165, 1.54) is 0 Å². The zero-order valence-electron chi connectivity index (χ0n) is 21.1. The van der Waals surface area contributed by atoms with Gasteiger partial charge >= 0.3 is 0 Å². The van der Waals surface area contributed by atoms with Crippen molar-refractivity contribution >= 4 is 38.4 Å². The summed E-state index contributed by atoms with van der Waals surface area (Å²) in [4.78, 5) is 33.0. The molecule has 0 unspecified atom stereocenters. The van der Waals surface area contributed by atoms with Crippen LogP contribution in [0.15, 0.2) is 126 Å². The quantitative estimate of drug-likeness (QED) is 0.252. The fourth-order valence-corrected chi connectivity index (χ4v) is 5.32. The molecule has 0 atom stereocenters. The topological polar surface area (TPSA) is 78.0 Å². The highest BCUT2D eigenvalue weighted by Gasteiger charge is 2.19. The van der Waals surface area contributed by atoms with Crippen molar-refractivity contribution in [2.45, 2.75) is 0 Å². The molecule has 0 aliphatic carbocycles. The van der Waals surface area contributed by atoms with Crippen molar-refractivity contribution in [1.82, 2.24) is 28.9 Å². The van der Waals surface area contributed by atoms with Gasteiger partial charge in [-0.15, -0.1) is 0 Å². The molecule has 7 heteroatoms. The maximum Gasteiger partial charge on any atom is 0.265 e. The monoisotopic (exact) mass is 516 g/mol. The lowest BCUT2D eigenvalue weighted by atomic mass is 10.2. The third kappa shape index (κ3) is 3.41. The molecule has 0 saturated heterocycles. The van der Waals surface area contributed by atoms with Gasteiger partial charge in [-0.3, -0.25) is 13.8 Å². The van der Waals surface area contributed by atoms with Gasteiger partial charge in [0.25, 0.3) is 5.56 Å². The SMILES string of the molecule is O=c1c2ccccc2nc2cc3c(cn12)c1ccccc1n3-c1nc(-c2ccccc2)nc(-c2ccccc2)n1. The minimum absolute atomic E-state index is 0.0998. The molecule has 7 nitrogen and oxygen atoms in total. The number of para-hydroxylation sites is 2. The van der Waals surface area contributed by atoms with Gasteiger partial charge in [0.1, 0.15) is 5.65 Å². The van der Waals surface area contributed by atoms with Gasteiger partial charge in [-0.1, -0.05) is 91.0 Å². The first-order valence-electron chi connectivity index (χ1n) is 13.0. The van der Waals surface area contributed by atoms with E-state index in [2.05, 4.69) is 6.07 Å². The molecule has 0 aliphatic heterocycles. The van der Waals surface area contributed by atoms with E-state index in [1.54, 1.807) is 4.40 Å². The zero-order chi connectivity index (χ0) is 26.6. The van der Waals surface area contributed by atoms with Crippen LogP contribution in [-0.2, 0) is 0 Å². The Morgan fingerprint density at radius 2 is 1.12 bits per heavy atom. The standard InChI is InChI=1S/C33H20N6O/c40-32-24-16-7-9-17-26(24)34-29-19-28-25(20-38(29)32)23-15-8-10-18-27(23)39(28)33-36-30(21-11-3-1-4-12-21)35-31(37-33)22-13-5-2-6-14-22/h1-20H. The Morgan fingerprint density at radius 1 is 0.525 bits per heavy atom. The van der Waals surface area contributed by atoms with Crippen molar-refractivity contribution in [3.8, 4) is 28.7 Å². The molecule has 0 saturated carbocycles. The van der Waals surface area contributed by atoms with Crippen LogP contribution >= 0.6 is 0 Å². The number of fused-ring (bicyclic) bond motifs is 5. The van der Waals surface area contributed by atoms with Gasteiger partial charge in [-0.2, -0.15) is 9.97 Å². The highest BCUT2D eigenvalue weighted by atomic mass is 16.1. The average Bonchev–Trinajstić information content (AvgIpc) is 3.34. The van der Waals surface area contributed by atoms with Gasteiger partial charge in [-0.05, 0) is 18.2 Å². The Bertz CT molecular complexity index is 2230. The summed E-state index contributed by atoms with van der Waals surface area (Å²) in [5.74, 6) is 1.65. The molecule has 0 amide bonds. The Balaban J connectivity index is 1.49. The molecule has 8 rings (SSSR count). The lowest BCUT2D eigenvalue weighted by Crippen LogP contribution is -2.15. The van der Waals surface area contributed by atoms with Crippen molar-refractivity contribution < 1.29 is 0 Å². The van der Waals surface area contributed by atoms with Gasteiger partial charge in [0.05, 0.1) is 21.9 Å².